The average Bonchev–Trinajstić information content (AvgIpc) is 3.19. The smallest absolute Gasteiger partial charge is 0.370 e. The largest absolute Gasteiger partial charge is 0.416 e. The molecule has 0 aliphatic carbocycles. The summed E-state index contributed by atoms with van der Waals surface area (Å²) in [6, 6.07) is 5.34. The van der Waals surface area contributed by atoms with E-state index in [0.29, 0.717) is 31.8 Å². The molecule has 1 aromatic heterocycles. The average molecular weight is 427 g/mol. The van der Waals surface area contributed by atoms with Crippen molar-refractivity contribution in [2.45, 2.75) is 32.0 Å². The van der Waals surface area contributed by atoms with Crippen molar-refractivity contribution < 1.29 is 17.9 Å². The molecule has 0 saturated carbocycles. The maximum atomic E-state index is 13.0. The highest BCUT2D eigenvalue weighted by atomic mass is 32.1. The number of guanidine groups is 1. The minimum Gasteiger partial charge on any atom is -0.370 e. The predicted octanol–water partition coefficient (Wildman–Crippen LogP) is 3.92. The Morgan fingerprint density at radius 3 is 2.93 bits per heavy atom. The Labute approximate surface area is 172 Å². The summed E-state index contributed by atoms with van der Waals surface area (Å²) in [5.41, 5.74) is 0.918. The van der Waals surface area contributed by atoms with Crippen molar-refractivity contribution in [1.82, 2.24) is 15.2 Å². The molecule has 1 unspecified atom stereocenters. The quantitative estimate of drug-likeness (QED) is 0.582. The van der Waals surface area contributed by atoms with Gasteiger partial charge < -0.3 is 15.0 Å². The van der Waals surface area contributed by atoms with Crippen molar-refractivity contribution in [1.29, 1.82) is 0 Å². The van der Waals surface area contributed by atoms with Gasteiger partial charge in [0.05, 0.1) is 29.4 Å². The second-order valence-corrected chi connectivity index (χ2v) is 7.68. The van der Waals surface area contributed by atoms with Gasteiger partial charge in [0.2, 0.25) is 0 Å². The Kier molecular flexibility index (Phi) is 7.13. The summed E-state index contributed by atoms with van der Waals surface area (Å²) in [7, 11) is 1.70. The second kappa shape index (κ2) is 9.58. The number of hydrogen-bond acceptors (Lipinski definition) is 4. The molecule has 1 aliphatic heterocycles. The van der Waals surface area contributed by atoms with Gasteiger partial charge in [-0.2, -0.15) is 13.2 Å². The van der Waals surface area contributed by atoms with Gasteiger partial charge in [-0.05, 0) is 24.1 Å². The van der Waals surface area contributed by atoms with Crippen molar-refractivity contribution in [2.24, 2.45) is 4.99 Å². The Hall–Kier alpha value is -2.13. The second-order valence-electron chi connectivity index (χ2n) is 6.74. The van der Waals surface area contributed by atoms with Crippen LogP contribution in [0.15, 0.2) is 34.6 Å². The van der Waals surface area contributed by atoms with Crippen LogP contribution in [-0.4, -0.2) is 49.1 Å². The van der Waals surface area contributed by atoms with E-state index in [1.165, 1.54) is 6.07 Å². The zero-order valence-electron chi connectivity index (χ0n) is 16.5. The van der Waals surface area contributed by atoms with E-state index in [1.54, 1.807) is 24.5 Å². The molecule has 1 fully saturated rings. The van der Waals surface area contributed by atoms with Gasteiger partial charge in [0.1, 0.15) is 6.10 Å². The maximum absolute atomic E-state index is 13.0. The Balaban J connectivity index is 1.60. The Morgan fingerprint density at radius 2 is 2.24 bits per heavy atom. The zero-order valence-corrected chi connectivity index (χ0v) is 17.3. The number of aryl methyl sites for hydroxylation is 1. The summed E-state index contributed by atoms with van der Waals surface area (Å²) in [5.74, 6) is 0.719. The third-order valence-corrected chi connectivity index (χ3v) is 5.77. The van der Waals surface area contributed by atoms with Gasteiger partial charge in [-0.3, -0.25) is 4.99 Å². The number of aromatic nitrogens is 1. The number of nitrogens with one attached hydrogen (secondary N) is 1. The van der Waals surface area contributed by atoms with Crippen molar-refractivity contribution in [3.05, 3.63) is 51.5 Å². The molecule has 2 heterocycles. The molecular weight excluding hydrogens is 401 g/mol. The van der Waals surface area contributed by atoms with Gasteiger partial charge in [-0.15, -0.1) is 11.3 Å². The van der Waals surface area contributed by atoms with Gasteiger partial charge in [-0.25, -0.2) is 4.98 Å². The lowest BCUT2D eigenvalue weighted by atomic mass is 10.0. The molecule has 1 aliphatic rings. The first-order valence-electron chi connectivity index (χ1n) is 9.58. The lowest BCUT2D eigenvalue weighted by molar-refractivity contribution is -0.137. The lowest BCUT2D eigenvalue weighted by Crippen LogP contribution is -2.48. The number of rotatable bonds is 5. The van der Waals surface area contributed by atoms with Crippen LogP contribution < -0.4 is 5.32 Å². The first kappa shape index (κ1) is 21.6. The Morgan fingerprint density at radius 1 is 1.41 bits per heavy atom. The van der Waals surface area contributed by atoms with Crippen molar-refractivity contribution in [3.8, 4) is 0 Å². The molecule has 3 rings (SSSR count). The molecular formula is C20H25F3N4OS. The molecule has 9 heteroatoms. The molecule has 1 saturated heterocycles. The minimum absolute atomic E-state index is 0.424. The third kappa shape index (κ3) is 5.70. The van der Waals surface area contributed by atoms with Gasteiger partial charge in [-0.1, -0.05) is 19.1 Å². The molecule has 158 valence electrons. The van der Waals surface area contributed by atoms with Crippen LogP contribution >= 0.6 is 11.3 Å². The number of benzene rings is 1. The van der Waals surface area contributed by atoms with E-state index >= 15 is 0 Å². The van der Waals surface area contributed by atoms with E-state index in [1.807, 2.05) is 4.90 Å². The lowest BCUT2D eigenvalue weighted by Gasteiger charge is -2.35. The highest BCUT2D eigenvalue weighted by molar-refractivity contribution is 7.09. The number of aliphatic imine (C=N–C) groups is 1. The molecule has 5 nitrogen and oxygen atoms in total. The summed E-state index contributed by atoms with van der Waals surface area (Å²) in [6.07, 6.45) is -3.08. The molecule has 2 aromatic rings. The van der Waals surface area contributed by atoms with E-state index in [-0.39, 0.29) is 0 Å². The molecule has 0 amide bonds. The van der Waals surface area contributed by atoms with Crippen LogP contribution in [0.5, 0.6) is 0 Å². The van der Waals surface area contributed by atoms with Gasteiger partial charge >= 0.3 is 6.18 Å². The van der Waals surface area contributed by atoms with Crippen LogP contribution in [0.2, 0.25) is 0 Å². The number of morpholine rings is 1. The van der Waals surface area contributed by atoms with Crippen LogP contribution in [0.3, 0.4) is 0 Å². The fourth-order valence-corrected chi connectivity index (χ4v) is 4.00. The van der Waals surface area contributed by atoms with Gasteiger partial charge in [0.15, 0.2) is 5.96 Å². The zero-order chi connectivity index (χ0) is 20.9. The number of halogens is 3. The molecule has 29 heavy (non-hydrogen) atoms. The standard InChI is InChI=1S/C20H25F3N4OS/c1-3-18-26-16(13-29-18)7-8-25-19(24-2)27-9-10-28-17(12-27)14-5-4-6-15(11-14)20(21,22)23/h4-6,11,13,17H,3,7-10,12H2,1-2H3,(H,24,25). The molecule has 0 bridgehead atoms. The molecule has 1 atom stereocenters. The summed E-state index contributed by atoms with van der Waals surface area (Å²) >= 11 is 1.67. The Bertz CT molecular complexity index is 837. The number of ether oxygens (including phenoxy) is 1. The molecule has 0 spiro atoms. The fraction of sp³-hybridized carbons (Fsp3) is 0.500. The first-order valence-corrected chi connectivity index (χ1v) is 10.5. The first-order chi connectivity index (χ1) is 13.9. The van der Waals surface area contributed by atoms with Crippen LogP contribution in [0.1, 0.15) is 34.9 Å². The van der Waals surface area contributed by atoms with E-state index in [4.69, 9.17) is 4.74 Å². The van der Waals surface area contributed by atoms with Crippen LogP contribution in [0.4, 0.5) is 13.2 Å². The van der Waals surface area contributed by atoms with Crippen LogP contribution in [-0.2, 0) is 23.8 Å². The summed E-state index contributed by atoms with van der Waals surface area (Å²) in [6.45, 7) is 4.27. The highest BCUT2D eigenvalue weighted by Gasteiger charge is 2.32. The van der Waals surface area contributed by atoms with Gasteiger partial charge in [0, 0.05) is 31.9 Å². The molecule has 0 radical (unpaired) electrons. The van der Waals surface area contributed by atoms with Crippen molar-refractivity contribution in [2.75, 3.05) is 33.3 Å². The topological polar surface area (TPSA) is 49.8 Å². The van der Waals surface area contributed by atoms with Crippen molar-refractivity contribution in [3.63, 3.8) is 0 Å². The number of nitrogens with zero attached hydrogens (tertiary/aromatic N) is 3. The molecule has 1 N–H and O–H groups in total. The van der Waals surface area contributed by atoms with Crippen molar-refractivity contribution >= 4 is 17.3 Å². The summed E-state index contributed by atoms with van der Waals surface area (Å²) in [4.78, 5) is 10.9. The summed E-state index contributed by atoms with van der Waals surface area (Å²) in [5, 5.41) is 6.53. The third-order valence-electron chi connectivity index (χ3n) is 4.73. The van der Waals surface area contributed by atoms with Gasteiger partial charge in [0.25, 0.3) is 0 Å². The maximum Gasteiger partial charge on any atom is 0.416 e. The highest BCUT2D eigenvalue weighted by Crippen LogP contribution is 2.32. The summed E-state index contributed by atoms with van der Waals surface area (Å²) < 4.78 is 44.8. The normalized spacial score (nSPS) is 18.2. The van der Waals surface area contributed by atoms with E-state index < -0.39 is 17.8 Å². The predicted molar refractivity (Wildman–Crippen MR) is 108 cm³/mol. The SMILES string of the molecule is CCc1nc(CCNC(=NC)N2CCOC(c3cccc(C(F)(F)F)c3)C2)cs1. The van der Waals surface area contributed by atoms with Crippen LogP contribution in [0.25, 0.3) is 0 Å². The fourth-order valence-electron chi connectivity index (χ4n) is 3.22. The van der Waals surface area contributed by atoms with Crippen LogP contribution in [0, 0.1) is 0 Å². The monoisotopic (exact) mass is 426 g/mol. The van der Waals surface area contributed by atoms with E-state index in [9.17, 15) is 13.2 Å². The number of alkyl halides is 3. The van der Waals surface area contributed by atoms with E-state index in [2.05, 4.69) is 27.6 Å². The molecule has 1 aromatic carbocycles. The van der Waals surface area contributed by atoms with E-state index in [0.717, 1.165) is 41.6 Å². The minimum atomic E-state index is -4.37. The number of thiazole rings is 1. The number of hydrogen-bond donors (Lipinski definition) is 1.